The molecule has 0 amide bonds. The molecule has 15 rings (SSSR count). The number of rotatable bonds is 4. The lowest BCUT2D eigenvalue weighted by atomic mass is 9.69. The van der Waals surface area contributed by atoms with Gasteiger partial charge in [-0.05, 0) is 227 Å². The smallest absolute Gasteiger partial charge is 0.201 e. The standard InChI is InChI=1S/C22H28N.C21H26N.C21H28N.C19H22N/c1-14-7-8-16(15(2)11-14)20-12-17-18-9-10-22(5,21(18,3)4)19(17)13-23(20)6;1-13-6-7-15(14(2)10-13)20-11-16-17(12-22(20)5)19-9-8-18(16)21(19,3)4;1-14-8-9-16(15(2)10-14)19-11-17-18(12-22(19)7)21(5,6)13-20(17,3)4;1-12-4-7-16(13(2)8-12)19-10-17-14-5-6-15(9-14)18(17)11-20(19)3/h7-8,11-13,18H,9-10H2,1-6H3;6-7,10-12,18-19H,8-9H2,1-5H3;8-12H,13H2,1-7H3;4,7-8,10-11,14-15H,5-6,9H2,1-3H3/q4*+1/i;1D3,18D;;1D3,14D,15D. The summed E-state index contributed by atoms with van der Waals surface area (Å²) in [5, 5.41) is 0. The van der Waals surface area contributed by atoms with Crippen LogP contribution in [0.3, 0.4) is 0 Å². The van der Waals surface area contributed by atoms with Gasteiger partial charge >= 0.3 is 0 Å². The number of benzene rings is 4. The quantitative estimate of drug-likeness (QED) is 0.156. The summed E-state index contributed by atoms with van der Waals surface area (Å²) < 4.78 is 81.0. The van der Waals surface area contributed by atoms with Gasteiger partial charge < -0.3 is 0 Å². The Morgan fingerprint density at radius 2 is 0.828 bits per heavy atom. The first-order valence-corrected chi connectivity index (χ1v) is 32.4. The highest BCUT2D eigenvalue weighted by Crippen LogP contribution is 2.68. The molecule has 4 aromatic heterocycles. The van der Waals surface area contributed by atoms with E-state index < -0.39 is 31.4 Å². The van der Waals surface area contributed by atoms with Crippen LogP contribution in [0.25, 0.3) is 45.0 Å². The van der Waals surface area contributed by atoms with Crippen LogP contribution in [-0.2, 0) is 44.4 Å². The van der Waals surface area contributed by atoms with Gasteiger partial charge in [-0.2, -0.15) is 0 Å². The van der Waals surface area contributed by atoms with Crippen molar-refractivity contribution in [2.75, 3.05) is 0 Å². The second-order valence-corrected chi connectivity index (χ2v) is 30.4. The fourth-order valence-electron chi connectivity index (χ4n) is 18.0. The second-order valence-electron chi connectivity index (χ2n) is 30.4. The van der Waals surface area contributed by atoms with E-state index in [1.54, 1.807) is 35.4 Å². The van der Waals surface area contributed by atoms with Crippen LogP contribution in [0.4, 0.5) is 0 Å². The summed E-state index contributed by atoms with van der Waals surface area (Å²) in [7, 11) is 8.38. The summed E-state index contributed by atoms with van der Waals surface area (Å²) in [6, 6.07) is 33.3. The topological polar surface area (TPSA) is 15.5 Å². The second kappa shape index (κ2) is 21.6. The third kappa shape index (κ3) is 10.2. The lowest BCUT2D eigenvalue weighted by Gasteiger charge is -2.34. The van der Waals surface area contributed by atoms with Crippen molar-refractivity contribution in [1.29, 1.82) is 0 Å². The van der Waals surface area contributed by atoms with Crippen LogP contribution in [0.5, 0.6) is 0 Å². The molecule has 0 aliphatic heterocycles. The van der Waals surface area contributed by atoms with E-state index in [0.29, 0.717) is 40.2 Å². The van der Waals surface area contributed by atoms with Gasteiger partial charge in [-0.3, -0.25) is 0 Å². The average Bonchev–Trinajstić information content (AvgIpc) is 1.54. The molecular formula is C83H104N4+4. The van der Waals surface area contributed by atoms with E-state index in [9.17, 15) is 1.37 Å². The highest BCUT2D eigenvalue weighted by atomic mass is 14.9. The zero-order valence-electron chi connectivity index (χ0n) is 65.1. The lowest BCUT2D eigenvalue weighted by Crippen LogP contribution is -2.36. The van der Waals surface area contributed by atoms with E-state index in [1.165, 1.54) is 80.7 Å². The van der Waals surface area contributed by atoms with Crippen LogP contribution in [0.1, 0.15) is 245 Å². The molecule has 4 heterocycles. The predicted molar refractivity (Wildman–Crippen MR) is 362 cm³/mol. The highest BCUT2D eigenvalue weighted by molar-refractivity contribution is 5.67. The summed E-state index contributed by atoms with van der Waals surface area (Å²) in [5.41, 5.74) is 29.2. The summed E-state index contributed by atoms with van der Waals surface area (Å²) in [6.45, 7) is 29.9. The molecule has 6 bridgehead atoms. The number of aryl methyl sites for hydroxylation is 12. The Morgan fingerprint density at radius 3 is 1.34 bits per heavy atom. The molecular weight excluding hydrogens is 1050 g/mol. The first-order chi connectivity index (χ1) is 44.4. The molecule has 6 atom stereocenters. The Bertz CT molecular complexity index is 4510. The Hall–Kier alpha value is -6.52. The van der Waals surface area contributed by atoms with Crippen molar-refractivity contribution in [3.63, 3.8) is 0 Å². The van der Waals surface area contributed by atoms with Gasteiger partial charge in [0, 0.05) is 86.5 Å². The van der Waals surface area contributed by atoms with Crippen molar-refractivity contribution in [2.45, 2.75) is 215 Å². The zero-order valence-corrected chi connectivity index (χ0v) is 56.1. The first-order valence-electron chi connectivity index (χ1n) is 36.9. The van der Waals surface area contributed by atoms with Crippen molar-refractivity contribution >= 4 is 0 Å². The van der Waals surface area contributed by atoms with Gasteiger partial charge in [-0.1, -0.05) is 133 Å². The Kier molecular flexibility index (Phi) is 12.5. The number of fused-ring (bicyclic) bond motifs is 16. The van der Waals surface area contributed by atoms with Gasteiger partial charge in [-0.25, -0.2) is 18.3 Å². The molecule has 0 N–H and O–H groups in total. The van der Waals surface area contributed by atoms with Gasteiger partial charge in [-0.15, -0.1) is 0 Å². The fraction of sp³-hybridized carbons (Fsp3) is 0.470. The molecule has 4 heteroatoms. The van der Waals surface area contributed by atoms with E-state index in [2.05, 4.69) is 197 Å². The molecule has 3 saturated carbocycles. The van der Waals surface area contributed by atoms with Gasteiger partial charge in [0.25, 0.3) is 0 Å². The molecule has 4 nitrogen and oxygen atoms in total. The SMILES string of the molecule is Cc1ccc(-c2cc3c(c[n+]2C)C(C)(C)CC3(C)C)c(C)c1.Cc1ccc(-c2cc3c(c[n+]2C)C2(C)CCC3C2(C)C)c(C)c1.[2H]C([2H])([2H])c1ccc(-c2cc3c(c[n+]2C)C2([2H])CCC3([2H])C2)c(C)c1.[2H]C([2H])([2H])c1ccc(-c2cc3c(c[n+]2C)C2CCC3([2H])C2(C)C)c(C)c1. The van der Waals surface area contributed by atoms with Gasteiger partial charge in [0.05, 0.1) is 0 Å². The molecule has 0 spiro atoms. The van der Waals surface area contributed by atoms with Crippen LogP contribution in [0.2, 0.25) is 0 Å². The number of pyridine rings is 4. The molecule has 452 valence electrons. The minimum atomic E-state index is -2.11. The third-order valence-corrected chi connectivity index (χ3v) is 23.0. The van der Waals surface area contributed by atoms with E-state index in [4.69, 9.17) is 11.0 Å². The maximum Gasteiger partial charge on any atom is 0.212 e. The summed E-state index contributed by atoms with van der Waals surface area (Å²) in [5.74, 6) is -0.620. The summed E-state index contributed by atoms with van der Waals surface area (Å²) in [6.07, 6.45) is 17.0. The molecule has 6 unspecified atom stereocenters. The minimum absolute atomic E-state index is 0.0406. The number of aromatic nitrogens is 4. The number of hydrogen-bond donors (Lipinski definition) is 0. The van der Waals surface area contributed by atoms with Crippen molar-refractivity contribution in [3.8, 4) is 45.0 Å². The molecule has 7 aliphatic rings. The maximum atomic E-state index is 9.17. The van der Waals surface area contributed by atoms with Gasteiger partial charge in [0.15, 0.2) is 24.8 Å². The van der Waals surface area contributed by atoms with Crippen LogP contribution in [0.15, 0.2) is 122 Å². The number of nitrogens with zero attached hydrogens (tertiary/aromatic N) is 4. The first kappa shape index (κ1) is 50.4. The molecule has 4 aromatic carbocycles. The highest BCUT2D eigenvalue weighted by Gasteiger charge is 2.61. The maximum absolute atomic E-state index is 9.17. The average molecular weight is 1170 g/mol. The fourth-order valence-corrected chi connectivity index (χ4v) is 18.0. The van der Waals surface area contributed by atoms with Crippen LogP contribution in [-0.4, -0.2) is 0 Å². The van der Waals surface area contributed by atoms with E-state index in [1.807, 2.05) is 50.8 Å². The number of hydrogen-bond acceptors (Lipinski definition) is 0. The van der Waals surface area contributed by atoms with Crippen molar-refractivity contribution in [1.82, 2.24) is 0 Å². The Balaban J connectivity index is 0.000000123. The predicted octanol–water partition coefficient (Wildman–Crippen LogP) is 18.7. The molecule has 7 aliphatic carbocycles. The molecule has 8 aromatic rings. The zero-order chi connectivity index (χ0) is 70.1. The Labute approximate surface area is 537 Å². The van der Waals surface area contributed by atoms with Crippen LogP contribution >= 0.6 is 0 Å². The van der Waals surface area contributed by atoms with Crippen LogP contribution < -0.4 is 18.3 Å². The minimum Gasteiger partial charge on any atom is -0.201 e. The molecule has 0 saturated heterocycles. The van der Waals surface area contributed by atoms with Crippen molar-refractivity contribution < 1.29 is 30.6 Å². The summed E-state index contributed by atoms with van der Waals surface area (Å²) >= 11 is 0. The normalized spacial score (nSPS) is 27.7. The van der Waals surface area contributed by atoms with Crippen LogP contribution in [0, 0.1) is 66.1 Å². The van der Waals surface area contributed by atoms with Crippen molar-refractivity contribution in [2.24, 2.45) is 39.0 Å². The monoisotopic (exact) mass is 1170 g/mol. The largest absolute Gasteiger partial charge is 0.212 e. The summed E-state index contributed by atoms with van der Waals surface area (Å²) in [4.78, 5) is 0. The lowest BCUT2D eigenvalue weighted by molar-refractivity contribution is -0.661. The molecule has 3 fully saturated rings. The van der Waals surface area contributed by atoms with E-state index >= 15 is 0 Å². The molecule has 87 heavy (non-hydrogen) atoms. The Morgan fingerprint density at radius 1 is 0.402 bits per heavy atom. The molecule has 0 radical (unpaired) electrons. The van der Waals surface area contributed by atoms with Gasteiger partial charge in [0.2, 0.25) is 22.8 Å². The third-order valence-electron chi connectivity index (χ3n) is 23.0. The van der Waals surface area contributed by atoms with Gasteiger partial charge in [0.1, 0.15) is 28.2 Å². The van der Waals surface area contributed by atoms with E-state index in [0.717, 1.165) is 76.0 Å². The van der Waals surface area contributed by atoms with E-state index in [-0.39, 0.29) is 16.2 Å². The van der Waals surface area contributed by atoms with Crippen molar-refractivity contribution in [3.05, 3.63) is 211 Å².